The summed E-state index contributed by atoms with van der Waals surface area (Å²) in [6.45, 7) is 4.24. The number of rotatable bonds is 3. The molecule has 28 heavy (non-hydrogen) atoms. The van der Waals surface area contributed by atoms with Gasteiger partial charge in [-0.25, -0.2) is 0 Å². The third kappa shape index (κ3) is 3.14. The molecule has 1 aliphatic heterocycles. The zero-order valence-electron chi connectivity index (χ0n) is 16.2. The van der Waals surface area contributed by atoms with Crippen molar-refractivity contribution in [1.82, 2.24) is 4.90 Å². The van der Waals surface area contributed by atoms with Crippen molar-refractivity contribution in [3.05, 3.63) is 63.7 Å². The van der Waals surface area contributed by atoms with Crippen LogP contribution in [0.25, 0.3) is 0 Å². The van der Waals surface area contributed by atoms with E-state index in [0.29, 0.717) is 23.3 Å². The van der Waals surface area contributed by atoms with Crippen LogP contribution in [0.2, 0.25) is 0 Å². The second kappa shape index (κ2) is 7.29. The normalized spacial score (nSPS) is 21.2. The lowest BCUT2D eigenvalue weighted by Crippen LogP contribution is -2.48. The molecule has 1 aliphatic carbocycles. The van der Waals surface area contributed by atoms with Crippen LogP contribution in [0.15, 0.2) is 30.3 Å². The average Bonchev–Trinajstić information content (AvgIpc) is 3.13. The summed E-state index contributed by atoms with van der Waals surface area (Å²) in [5.74, 6) is 0.603. The molecule has 2 aromatic rings. The predicted molar refractivity (Wildman–Crippen MR) is 105 cm³/mol. The van der Waals surface area contributed by atoms with Gasteiger partial charge in [0.05, 0.1) is 29.3 Å². The minimum absolute atomic E-state index is 0.0589. The van der Waals surface area contributed by atoms with E-state index in [-0.39, 0.29) is 18.7 Å². The van der Waals surface area contributed by atoms with Crippen molar-refractivity contribution in [3.8, 4) is 11.8 Å². The van der Waals surface area contributed by atoms with E-state index in [0.717, 1.165) is 41.5 Å². The Hall–Kier alpha value is -2.84. The minimum Gasteiger partial charge on any atom is -0.472 e. The van der Waals surface area contributed by atoms with Gasteiger partial charge in [-0.15, -0.1) is 0 Å². The Morgan fingerprint density at radius 1 is 1.21 bits per heavy atom. The molecule has 0 spiro atoms. The van der Waals surface area contributed by atoms with Crippen molar-refractivity contribution >= 4 is 5.91 Å². The molecule has 5 nitrogen and oxygen atoms in total. The summed E-state index contributed by atoms with van der Waals surface area (Å²) in [6.07, 6.45) is 2.69. The number of fused-ring (bicyclic) bond motifs is 1. The lowest BCUT2D eigenvalue weighted by molar-refractivity contribution is 0.0125. The Bertz CT molecular complexity index is 959. The Labute approximate surface area is 165 Å². The van der Waals surface area contributed by atoms with Gasteiger partial charge in [-0.1, -0.05) is 12.1 Å². The van der Waals surface area contributed by atoms with Crippen LogP contribution in [0.3, 0.4) is 0 Å². The third-order valence-corrected chi connectivity index (χ3v) is 6.11. The van der Waals surface area contributed by atoms with Crippen LogP contribution in [0.4, 0.5) is 0 Å². The van der Waals surface area contributed by atoms with Gasteiger partial charge in [0, 0.05) is 0 Å². The van der Waals surface area contributed by atoms with Crippen LogP contribution < -0.4 is 4.74 Å². The maximum Gasteiger partial charge on any atom is 0.260 e. The molecule has 144 valence electrons. The molecule has 0 aromatic heterocycles. The highest BCUT2D eigenvalue weighted by Gasteiger charge is 2.38. The van der Waals surface area contributed by atoms with Gasteiger partial charge in [0.1, 0.15) is 5.75 Å². The Kier molecular flexibility index (Phi) is 4.82. The molecule has 1 fully saturated rings. The summed E-state index contributed by atoms with van der Waals surface area (Å²) in [6, 6.07) is 11.4. The van der Waals surface area contributed by atoms with Gasteiger partial charge < -0.3 is 9.84 Å². The molecule has 2 atom stereocenters. The maximum absolute atomic E-state index is 13.2. The number of aliphatic hydroxyl groups is 1. The molecule has 1 amide bonds. The molecule has 5 heteroatoms. The lowest BCUT2D eigenvalue weighted by Gasteiger charge is -2.36. The van der Waals surface area contributed by atoms with Crippen LogP contribution >= 0.6 is 0 Å². The first-order chi connectivity index (χ1) is 13.5. The van der Waals surface area contributed by atoms with Crippen molar-refractivity contribution in [1.29, 1.82) is 5.26 Å². The smallest absolute Gasteiger partial charge is 0.260 e. The second-order valence-electron chi connectivity index (χ2n) is 7.76. The van der Waals surface area contributed by atoms with Gasteiger partial charge in [-0.2, -0.15) is 5.26 Å². The molecule has 2 aromatic carbocycles. The highest BCUT2D eigenvalue weighted by atomic mass is 16.5. The number of benzene rings is 2. The predicted octanol–water partition coefficient (Wildman–Crippen LogP) is 3.47. The number of ether oxygens (including phenoxy) is 1. The number of carbonyl (C=O) groups is 1. The molecular weight excluding hydrogens is 352 g/mol. The molecule has 2 aliphatic rings. The van der Waals surface area contributed by atoms with E-state index in [1.165, 1.54) is 0 Å². The molecule has 1 saturated carbocycles. The fourth-order valence-corrected chi connectivity index (χ4v) is 4.28. The van der Waals surface area contributed by atoms with Gasteiger partial charge in [-0.3, -0.25) is 9.69 Å². The van der Waals surface area contributed by atoms with E-state index < -0.39 is 6.10 Å². The summed E-state index contributed by atoms with van der Waals surface area (Å²) >= 11 is 0. The Balaban J connectivity index is 1.67. The van der Waals surface area contributed by atoms with Crippen molar-refractivity contribution in [2.75, 3.05) is 6.73 Å². The van der Waals surface area contributed by atoms with E-state index in [4.69, 9.17) is 10.00 Å². The number of carbonyl (C=O) groups excluding carboxylic acids is 1. The summed E-state index contributed by atoms with van der Waals surface area (Å²) in [4.78, 5) is 14.9. The van der Waals surface area contributed by atoms with Crippen LogP contribution in [-0.4, -0.2) is 34.8 Å². The van der Waals surface area contributed by atoms with E-state index >= 15 is 0 Å². The molecule has 4 rings (SSSR count). The number of nitrogens with zero attached hydrogens (tertiary/aromatic N) is 2. The minimum atomic E-state index is -0.473. The highest BCUT2D eigenvalue weighted by Crippen LogP contribution is 2.36. The van der Waals surface area contributed by atoms with Gasteiger partial charge in [0.15, 0.2) is 6.73 Å². The standard InChI is InChI=1S/C23H24N2O3/c1-14-15(2)22-19(11-18(14)10-16-6-8-17(12-24)9-7-16)23(27)25(13-28-22)20-4-3-5-21(20)26/h6-9,11,20-21,26H,3-5,10,13H2,1-2H3/t20-,21-/m0/s1. The van der Waals surface area contributed by atoms with Crippen LogP contribution in [0, 0.1) is 25.2 Å². The number of nitriles is 1. The first-order valence-electron chi connectivity index (χ1n) is 9.73. The second-order valence-corrected chi connectivity index (χ2v) is 7.76. The molecular formula is C23H24N2O3. The van der Waals surface area contributed by atoms with Gasteiger partial charge in [0.2, 0.25) is 0 Å². The highest BCUT2D eigenvalue weighted by molar-refractivity contribution is 5.99. The van der Waals surface area contributed by atoms with E-state index in [9.17, 15) is 9.90 Å². The lowest BCUT2D eigenvalue weighted by atomic mass is 9.92. The van der Waals surface area contributed by atoms with Crippen molar-refractivity contribution in [2.24, 2.45) is 0 Å². The SMILES string of the molecule is Cc1c(Cc2ccc(C#N)cc2)cc2c(c1C)OCN([C@H]1CCC[C@@H]1O)C2=O. The zero-order chi connectivity index (χ0) is 19.8. The first-order valence-corrected chi connectivity index (χ1v) is 9.73. The van der Waals surface area contributed by atoms with Crippen molar-refractivity contribution in [2.45, 2.75) is 51.7 Å². The van der Waals surface area contributed by atoms with Crippen molar-refractivity contribution in [3.63, 3.8) is 0 Å². The number of amides is 1. The summed E-state index contributed by atoms with van der Waals surface area (Å²) in [5.41, 5.74) is 5.49. The monoisotopic (exact) mass is 376 g/mol. The number of hydrogen-bond donors (Lipinski definition) is 1. The van der Waals surface area contributed by atoms with Crippen LogP contribution in [-0.2, 0) is 6.42 Å². The Morgan fingerprint density at radius 3 is 2.61 bits per heavy atom. The van der Waals surface area contributed by atoms with E-state index in [2.05, 4.69) is 13.0 Å². The van der Waals surface area contributed by atoms with E-state index in [1.54, 1.807) is 4.90 Å². The van der Waals surface area contributed by atoms with Gasteiger partial charge in [-0.05, 0) is 80.0 Å². The van der Waals surface area contributed by atoms with Gasteiger partial charge in [0.25, 0.3) is 5.91 Å². The Morgan fingerprint density at radius 2 is 1.96 bits per heavy atom. The summed E-state index contributed by atoms with van der Waals surface area (Å²) in [7, 11) is 0. The summed E-state index contributed by atoms with van der Waals surface area (Å²) < 4.78 is 5.97. The molecule has 0 unspecified atom stereocenters. The van der Waals surface area contributed by atoms with Crippen LogP contribution in [0.5, 0.6) is 5.75 Å². The summed E-state index contributed by atoms with van der Waals surface area (Å²) in [5, 5.41) is 19.2. The fraction of sp³-hybridized carbons (Fsp3) is 0.391. The van der Waals surface area contributed by atoms with E-state index in [1.807, 2.05) is 37.3 Å². The molecule has 1 N–H and O–H groups in total. The first kappa shape index (κ1) is 18.5. The zero-order valence-corrected chi connectivity index (χ0v) is 16.2. The van der Waals surface area contributed by atoms with Crippen LogP contribution in [0.1, 0.15) is 57.4 Å². The quantitative estimate of drug-likeness (QED) is 0.890. The maximum atomic E-state index is 13.2. The number of hydrogen-bond acceptors (Lipinski definition) is 4. The fourth-order valence-electron chi connectivity index (χ4n) is 4.28. The molecule has 0 saturated heterocycles. The molecule has 0 bridgehead atoms. The average molecular weight is 376 g/mol. The van der Waals surface area contributed by atoms with Crippen molar-refractivity contribution < 1.29 is 14.6 Å². The van der Waals surface area contributed by atoms with Gasteiger partial charge >= 0.3 is 0 Å². The number of aliphatic hydroxyl groups excluding tert-OH is 1. The third-order valence-electron chi connectivity index (χ3n) is 6.11. The molecule has 0 radical (unpaired) electrons. The largest absolute Gasteiger partial charge is 0.472 e. The molecule has 1 heterocycles. The topological polar surface area (TPSA) is 73.6 Å².